The molecule has 0 aliphatic heterocycles. The second-order valence-electron chi connectivity index (χ2n) is 4.84. The van der Waals surface area contributed by atoms with E-state index in [-0.39, 0.29) is 16.9 Å². The van der Waals surface area contributed by atoms with Crippen molar-refractivity contribution in [3.05, 3.63) is 29.3 Å². The molecule has 0 saturated heterocycles. The van der Waals surface area contributed by atoms with E-state index in [4.69, 9.17) is 20.8 Å². The zero-order valence-electron chi connectivity index (χ0n) is 13.8. The van der Waals surface area contributed by atoms with Gasteiger partial charge < -0.3 is 14.5 Å². The second-order valence-corrected chi connectivity index (χ2v) is 6.18. The highest BCUT2D eigenvalue weighted by Gasteiger charge is 2.20. The van der Waals surface area contributed by atoms with Crippen LogP contribution in [0.4, 0.5) is 4.79 Å². The van der Waals surface area contributed by atoms with E-state index in [1.54, 1.807) is 24.3 Å². The minimum Gasteiger partial charge on any atom is -0.452 e. The van der Waals surface area contributed by atoms with Crippen molar-refractivity contribution in [1.82, 2.24) is 20.8 Å². The SMILES string of the molecule is CNC(=O)NC(=O)[C@@H](C)OC(=O)CSc1nnc(-c2ccccc2Cl)o1. The number of amides is 3. The fraction of sp³-hybridized carbons (Fsp3) is 0.267. The number of urea groups is 1. The minimum absolute atomic E-state index is 0.151. The molecule has 2 N–H and O–H groups in total. The number of imide groups is 1. The summed E-state index contributed by atoms with van der Waals surface area (Å²) in [6, 6.07) is 6.28. The molecule has 3 amide bonds. The third-order valence-corrected chi connectivity index (χ3v) is 4.09. The molecule has 11 heteroatoms. The largest absolute Gasteiger partial charge is 0.452 e. The highest BCUT2D eigenvalue weighted by atomic mass is 35.5. The average molecular weight is 399 g/mol. The Balaban J connectivity index is 1.85. The van der Waals surface area contributed by atoms with Gasteiger partial charge in [0.1, 0.15) is 5.75 Å². The van der Waals surface area contributed by atoms with Crippen molar-refractivity contribution in [3.8, 4) is 11.5 Å². The van der Waals surface area contributed by atoms with Gasteiger partial charge >= 0.3 is 12.0 Å². The molecule has 0 radical (unpaired) electrons. The molecule has 1 heterocycles. The number of thioether (sulfide) groups is 1. The van der Waals surface area contributed by atoms with Crippen molar-refractivity contribution in [1.29, 1.82) is 0 Å². The van der Waals surface area contributed by atoms with Crippen LogP contribution in [0, 0.1) is 0 Å². The minimum atomic E-state index is -1.12. The van der Waals surface area contributed by atoms with Gasteiger partial charge in [0.25, 0.3) is 11.1 Å². The van der Waals surface area contributed by atoms with Crippen molar-refractivity contribution >= 4 is 41.3 Å². The van der Waals surface area contributed by atoms with E-state index in [9.17, 15) is 14.4 Å². The maximum Gasteiger partial charge on any atom is 0.321 e. The number of hydrogen-bond donors (Lipinski definition) is 2. The number of nitrogens with zero attached hydrogens (tertiary/aromatic N) is 2. The predicted molar refractivity (Wildman–Crippen MR) is 93.6 cm³/mol. The van der Waals surface area contributed by atoms with Crippen LogP contribution >= 0.6 is 23.4 Å². The highest BCUT2D eigenvalue weighted by molar-refractivity contribution is 7.99. The molecular weight excluding hydrogens is 384 g/mol. The molecule has 0 spiro atoms. The molecular formula is C15H15ClN4O5S. The summed E-state index contributed by atoms with van der Waals surface area (Å²) >= 11 is 7.01. The summed E-state index contributed by atoms with van der Waals surface area (Å²) in [5.41, 5.74) is 0.579. The van der Waals surface area contributed by atoms with Crippen LogP contribution in [0.25, 0.3) is 11.5 Å². The number of rotatable bonds is 6. The molecule has 0 aliphatic carbocycles. The Labute approximate surface area is 157 Å². The molecule has 1 atom stereocenters. The lowest BCUT2D eigenvalue weighted by Gasteiger charge is -2.11. The monoisotopic (exact) mass is 398 g/mol. The number of aromatic nitrogens is 2. The van der Waals surface area contributed by atoms with E-state index in [0.29, 0.717) is 10.6 Å². The molecule has 0 fully saturated rings. The number of nitrogens with one attached hydrogen (secondary N) is 2. The normalized spacial score (nSPS) is 11.5. The summed E-state index contributed by atoms with van der Waals surface area (Å²) in [6.45, 7) is 1.35. The molecule has 0 bridgehead atoms. The Morgan fingerprint density at radius 1 is 1.31 bits per heavy atom. The first-order chi connectivity index (χ1) is 12.4. The van der Waals surface area contributed by atoms with Crippen LogP contribution in [-0.2, 0) is 14.3 Å². The van der Waals surface area contributed by atoms with E-state index in [1.165, 1.54) is 14.0 Å². The standard InChI is InChI=1S/C15H15ClN4O5S/c1-8(12(22)18-14(23)17-2)24-11(21)7-26-15-20-19-13(25-15)9-5-3-4-6-10(9)16/h3-6,8H,7H2,1-2H3,(H2,17,18,22,23)/t8-/m1/s1. The summed E-state index contributed by atoms with van der Waals surface area (Å²) in [5.74, 6) is -1.33. The van der Waals surface area contributed by atoms with Crippen LogP contribution in [0.1, 0.15) is 6.92 Å². The third kappa shape index (κ3) is 5.46. The Kier molecular flexibility index (Phi) is 6.98. The molecule has 0 unspecified atom stereocenters. The number of benzene rings is 1. The Bertz CT molecular complexity index is 813. The smallest absolute Gasteiger partial charge is 0.321 e. The zero-order valence-corrected chi connectivity index (χ0v) is 15.4. The van der Waals surface area contributed by atoms with E-state index in [2.05, 4.69) is 15.5 Å². The van der Waals surface area contributed by atoms with E-state index >= 15 is 0 Å². The molecule has 1 aromatic heterocycles. The van der Waals surface area contributed by atoms with Crippen LogP contribution in [0.5, 0.6) is 0 Å². The average Bonchev–Trinajstić information content (AvgIpc) is 3.08. The van der Waals surface area contributed by atoms with Gasteiger partial charge in [-0.1, -0.05) is 35.5 Å². The maximum atomic E-state index is 11.8. The van der Waals surface area contributed by atoms with Gasteiger partial charge in [-0.3, -0.25) is 14.9 Å². The Hall–Kier alpha value is -2.59. The van der Waals surface area contributed by atoms with E-state index in [0.717, 1.165) is 11.8 Å². The predicted octanol–water partition coefficient (Wildman–Crippen LogP) is 1.87. The van der Waals surface area contributed by atoms with Gasteiger partial charge in [0.15, 0.2) is 6.10 Å². The van der Waals surface area contributed by atoms with Gasteiger partial charge in [-0.05, 0) is 19.1 Å². The van der Waals surface area contributed by atoms with Crippen LogP contribution in [0.2, 0.25) is 5.02 Å². The summed E-state index contributed by atoms with van der Waals surface area (Å²) < 4.78 is 10.4. The first kappa shape index (κ1) is 19.7. The second kappa shape index (κ2) is 9.20. The lowest BCUT2D eigenvalue weighted by Crippen LogP contribution is -2.43. The van der Waals surface area contributed by atoms with Crippen molar-refractivity contribution < 1.29 is 23.5 Å². The van der Waals surface area contributed by atoms with Crippen molar-refractivity contribution in [2.45, 2.75) is 18.3 Å². The van der Waals surface area contributed by atoms with Gasteiger partial charge in [0.2, 0.25) is 5.89 Å². The quantitative estimate of drug-likeness (QED) is 0.558. The number of hydrogen-bond acceptors (Lipinski definition) is 8. The van der Waals surface area contributed by atoms with E-state index in [1.807, 2.05) is 5.32 Å². The van der Waals surface area contributed by atoms with Gasteiger partial charge in [-0.25, -0.2) is 4.79 Å². The number of carbonyl (C=O) groups is 3. The Morgan fingerprint density at radius 3 is 2.73 bits per heavy atom. The number of ether oxygens (including phenoxy) is 1. The van der Waals surface area contributed by atoms with Crippen LogP contribution in [0.3, 0.4) is 0 Å². The summed E-state index contributed by atoms with van der Waals surface area (Å²) in [7, 11) is 1.36. The van der Waals surface area contributed by atoms with Crippen LogP contribution in [0.15, 0.2) is 33.9 Å². The molecule has 138 valence electrons. The summed E-state index contributed by atoms with van der Waals surface area (Å²) in [4.78, 5) is 34.4. The highest BCUT2D eigenvalue weighted by Crippen LogP contribution is 2.28. The molecule has 1 aromatic carbocycles. The third-order valence-electron chi connectivity index (χ3n) is 2.97. The lowest BCUT2D eigenvalue weighted by molar-refractivity contribution is -0.151. The fourth-order valence-electron chi connectivity index (χ4n) is 1.69. The van der Waals surface area contributed by atoms with Crippen molar-refractivity contribution in [2.24, 2.45) is 0 Å². The number of carbonyl (C=O) groups excluding carboxylic acids is 3. The number of esters is 1. The zero-order chi connectivity index (χ0) is 19.1. The number of halogens is 1. The van der Waals surface area contributed by atoms with Crippen molar-refractivity contribution in [2.75, 3.05) is 12.8 Å². The topological polar surface area (TPSA) is 123 Å². The lowest BCUT2D eigenvalue weighted by atomic mass is 10.2. The molecule has 9 nitrogen and oxygen atoms in total. The van der Waals surface area contributed by atoms with Gasteiger partial charge in [0, 0.05) is 7.05 Å². The first-order valence-corrected chi connectivity index (χ1v) is 8.70. The molecule has 0 saturated carbocycles. The summed E-state index contributed by atoms with van der Waals surface area (Å²) in [5, 5.41) is 12.5. The first-order valence-electron chi connectivity index (χ1n) is 7.34. The van der Waals surface area contributed by atoms with Gasteiger partial charge in [-0.2, -0.15) is 0 Å². The van der Waals surface area contributed by atoms with E-state index < -0.39 is 24.0 Å². The Morgan fingerprint density at radius 2 is 2.04 bits per heavy atom. The van der Waals surface area contributed by atoms with Crippen LogP contribution in [-0.4, -0.2) is 47.0 Å². The van der Waals surface area contributed by atoms with Crippen LogP contribution < -0.4 is 10.6 Å². The van der Waals surface area contributed by atoms with Gasteiger partial charge in [0.05, 0.1) is 10.6 Å². The molecule has 2 rings (SSSR count). The van der Waals surface area contributed by atoms with Crippen molar-refractivity contribution in [3.63, 3.8) is 0 Å². The molecule has 0 aliphatic rings. The molecule has 26 heavy (non-hydrogen) atoms. The summed E-state index contributed by atoms with van der Waals surface area (Å²) in [6.07, 6.45) is -1.12. The maximum absolute atomic E-state index is 11.8. The van der Waals surface area contributed by atoms with Gasteiger partial charge in [-0.15, -0.1) is 10.2 Å². The molecule has 2 aromatic rings. The fourth-order valence-corrected chi connectivity index (χ4v) is 2.46.